The van der Waals surface area contributed by atoms with Gasteiger partial charge in [-0.05, 0) is 36.8 Å². The number of alkyl halides is 1. The van der Waals surface area contributed by atoms with Crippen LogP contribution in [-0.4, -0.2) is 50.7 Å². The first-order valence-corrected chi connectivity index (χ1v) is 10.1. The highest BCUT2D eigenvalue weighted by molar-refractivity contribution is 5.94. The summed E-state index contributed by atoms with van der Waals surface area (Å²) in [4.78, 5) is 16.0. The van der Waals surface area contributed by atoms with Crippen molar-refractivity contribution >= 4 is 28.0 Å². The Hall–Kier alpha value is -3.33. The van der Waals surface area contributed by atoms with Crippen LogP contribution in [-0.2, 0) is 21.4 Å². The molecule has 168 valence electrons. The minimum Gasteiger partial charge on any atom is -0.479 e. The second-order valence-corrected chi connectivity index (χ2v) is 8.59. The highest BCUT2D eigenvalue weighted by Gasteiger charge is 2.34. The third-order valence-electron chi connectivity index (χ3n) is 5.64. The average Bonchev–Trinajstić information content (AvgIpc) is 3.30. The van der Waals surface area contributed by atoms with E-state index in [9.17, 15) is 18.7 Å². The van der Waals surface area contributed by atoms with E-state index >= 15 is 0 Å². The summed E-state index contributed by atoms with van der Waals surface area (Å²) >= 11 is 0. The number of nitrogens with zero attached hydrogens (tertiary/aromatic N) is 3. The number of carboxylic acids is 1. The van der Waals surface area contributed by atoms with Crippen LogP contribution in [0.5, 0.6) is 0 Å². The van der Waals surface area contributed by atoms with Crippen molar-refractivity contribution in [3.05, 3.63) is 53.1 Å². The lowest BCUT2D eigenvalue weighted by molar-refractivity contribution is -0.142. The lowest BCUT2D eigenvalue weighted by Gasteiger charge is -2.28. The van der Waals surface area contributed by atoms with Crippen LogP contribution in [0.15, 0.2) is 30.5 Å². The summed E-state index contributed by atoms with van der Waals surface area (Å²) in [5, 5.41) is 16.8. The summed E-state index contributed by atoms with van der Waals surface area (Å²) in [7, 11) is 1.57. The lowest BCUT2D eigenvalue weighted by Crippen LogP contribution is -2.29. The fourth-order valence-corrected chi connectivity index (χ4v) is 4.26. The van der Waals surface area contributed by atoms with E-state index in [0.717, 1.165) is 5.39 Å². The van der Waals surface area contributed by atoms with Crippen molar-refractivity contribution in [2.24, 2.45) is 0 Å². The SMILES string of the molecule is COCC(C)(C)c1c(C[C@@H](F)C(=O)O)c2nc3[nH]ncc3cc2n1-c1ccc(F)c(C)c1. The van der Waals surface area contributed by atoms with Crippen LogP contribution in [0.3, 0.4) is 0 Å². The molecule has 0 saturated heterocycles. The van der Waals surface area contributed by atoms with Gasteiger partial charge in [0.15, 0.2) is 5.65 Å². The van der Waals surface area contributed by atoms with Gasteiger partial charge in [-0.2, -0.15) is 5.10 Å². The van der Waals surface area contributed by atoms with Gasteiger partial charge in [-0.3, -0.25) is 5.10 Å². The van der Waals surface area contributed by atoms with Crippen molar-refractivity contribution in [3.63, 3.8) is 0 Å². The van der Waals surface area contributed by atoms with E-state index in [1.165, 1.54) is 6.07 Å². The number of aliphatic carboxylic acids is 1. The molecule has 0 aliphatic rings. The number of benzene rings is 1. The largest absolute Gasteiger partial charge is 0.479 e. The van der Waals surface area contributed by atoms with Gasteiger partial charge in [0, 0.05) is 41.3 Å². The summed E-state index contributed by atoms with van der Waals surface area (Å²) in [5.41, 5.74) is 3.23. The van der Waals surface area contributed by atoms with Crippen LogP contribution in [0.4, 0.5) is 8.78 Å². The van der Waals surface area contributed by atoms with Crippen LogP contribution in [0.25, 0.3) is 27.8 Å². The number of carboxylic acid groups (broad SMARTS) is 1. The van der Waals surface area contributed by atoms with Gasteiger partial charge >= 0.3 is 5.97 Å². The number of nitrogens with one attached hydrogen (secondary N) is 1. The number of hydrogen-bond donors (Lipinski definition) is 2. The van der Waals surface area contributed by atoms with Gasteiger partial charge in [-0.25, -0.2) is 18.6 Å². The monoisotopic (exact) mass is 442 g/mol. The summed E-state index contributed by atoms with van der Waals surface area (Å²) in [6, 6.07) is 6.59. The number of aromatic amines is 1. The van der Waals surface area contributed by atoms with Crippen molar-refractivity contribution < 1.29 is 23.4 Å². The van der Waals surface area contributed by atoms with Gasteiger partial charge in [0.2, 0.25) is 6.17 Å². The molecule has 0 saturated carbocycles. The summed E-state index contributed by atoms with van der Waals surface area (Å²) in [6.45, 7) is 5.82. The molecular weight excluding hydrogens is 418 g/mol. The number of H-pyrrole nitrogens is 1. The topological polar surface area (TPSA) is 93.0 Å². The first-order chi connectivity index (χ1) is 15.1. The molecular formula is C23H24F2N4O3. The Labute approximate surface area is 183 Å². The van der Waals surface area contributed by atoms with E-state index in [0.29, 0.717) is 45.8 Å². The molecule has 4 aromatic rings. The minimum absolute atomic E-state index is 0.292. The molecule has 0 fully saturated rings. The van der Waals surface area contributed by atoms with Crippen molar-refractivity contribution in [3.8, 4) is 5.69 Å². The molecule has 2 N–H and O–H groups in total. The van der Waals surface area contributed by atoms with Gasteiger partial charge in [0.25, 0.3) is 0 Å². The van der Waals surface area contributed by atoms with Gasteiger partial charge < -0.3 is 14.4 Å². The predicted octanol–water partition coefficient (Wildman–Crippen LogP) is 4.24. The first kappa shape index (κ1) is 21.9. The van der Waals surface area contributed by atoms with E-state index in [1.807, 2.05) is 24.5 Å². The molecule has 0 amide bonds. The van der Waals surface area contributed by atoms with E-state index < -0.39 is 17.6 Å². The highest BCUT2D eigenvalue weighted by Crippen LogP contribution is 2.39. The quantitative estimate of drug-likeness (QED) is 0.447. The maximum absolute atomic E-state index is 14.5. The van der Waals surface area contributed by atoms with Crippen LogP contribution >= 0.6 is 0 Å². The number of halogens is 2. The number of methoxy groups -OCH3 is 1. The van der Waals surface area contributed by atoms with E-state index in [1.54, 1.807) is 32.4 Å². The lowest BCUT2D eigenvalue weighted by atomic mass is 9.86. The Morgan fingerprint density at radius 2 is 2.09 bits per heavy atom. The second kappa shape index (κ2) is 7.98. The molecule has 0 bridgehead atoms. The summed E-state index contributed by atoms with van der Waals surface area (Å²) in [6.07, 6.45) is -0.849. The number of pyridine rings is 1. The molecule has 7 nitrogen and oxygen atoms in total. The molecule has 1 aromatic carbocycles. The van der Waals surface area contributed by atoms with Gasteiger partial charge in [0.1, 0.15) is 5.82 Å². The zero-order valence-corrected chi connectivity index (χ0v) is 18.2. The van der Waals surface area contributed by atoms with E-state index in [2.05, 4.69) is 15.2 Å². The smallest absolute Gasteiger partial charge is 0.338 e. The molecule has 0 spiro atoms. The first-order valence-electron chi connectivity index (χ1n) is 10.1. The van der Waals surface area contributed by atoms with Gasteiger partial charge in [-0.15, -0.1) is 0 Å². The Kier molecular flexibility index (Phi) is 5.46. The van der Waals surface area contributed by atoms with Gasteiger partial charge in [-0.1, -0.05) is 13.8 Å². The summed E-state index contributed by atoms with van der Waals surface area (Å²) in [5.74, 6) is -1.88. The fourth-order valence-electron chi connectivity index (χ4n) is 4.26. The summed E-state index contributed by atoms with van der Waals surface area (Å²) < 4.78 is 35.9. The Morgan fingerprint density at radius 3 is 2.75 bits per heavy atom. The zero-order chi connectivity index (χ0) is 23.2. The maximum Gasteiger partial charge on any atom is 0.338 e. The molecule has 4 rings (SSSR count). The number of hydrogen-bond acceptors (Lipinski definition) is 4. The van der Waals surface area contributed by atoms with Crippen LogP contribution in [0.2, 0.25) is 0 Å². The zero-order valence-electron chi connectivity index (χ0n) is 18.2. The fraction of sp³-hybridized carbons (Fsp3) is 0.348. The van der Waals surface area contributed by atoms with E-state index in [4.69, 9.17) is 4.74 Å². The number of fused-ring (bicyclic) bond motifs is 2. The Morgan fingerprint density at radius 1 is 1.34 bits per heavy atom. The third kappa shape index (κ3) is 3.62. The molecule has 0 unspecified atom stereocenters. The molecule has 0 radical (unpaired) electrons. The Bertz CT molecular complexity index is 1330. The number of carbonyl (C=O) groups is 1. The standard InChI is InChI=1S/C23H24F2N4O3/c1-12-7-14(5-6-16(12)24)29-18-8-13-10-26-28-21(13)27-19(18)15(9-17(25)22(30)31)20(29)23(2,3)11-32-4/h5-8,10,17H,9,11H2,1-4H3,(H,30,31)(H,26,27,28)/t17-/m1/s1. The molecule has 3 aromatic heterocycles. The number of aryl methyl sites for hydroxylation is 1. The van der Waals surface area contributed by atoms with Crippen molar-refractivity contribution in [1.82, 2.24) is 19.7 Å². The normalized spacial score (nSPS) is 13.2. The van der Waals surface area contributed by atoms with Crippen LogP contribution in [0, 0.1) is 12.7 Å². The molecule has 9 heteroatoms. The van der Waals surface area contributed by atoms with Crippen molar-refractivity contribution in [2.75, 3.05) is 13.7 Å². The number of ether oxygens (including phenoxy) is 1. The maximum atomic E-state index is 14.5. The highest BCUT2D eigenvalue weighted by atomic mass is 19.1. The molecule has 32 heavy (non-hydrogen) atoms. The van der Waals surface area contributed by atoms with E-state index in [-0.39, 0.29) is 12.2 Å². The molecule has 3 heterocycles. The molecule has 0 aliphatic carbocycles. The Balaban J connectivity index is 2.14. The van der Waals surface area contributed by atoms with Crippen molar-refractivity contribution in [2.45, 2.75) is 38.8 Å². The minimum atomic E-state index is -2.11. The van der Waals surface area contributed by atoms with Crippen molar-refractivity contribution in [1.29, 1.82) is 0 Å². The average molecular weight is 442 g/mol. The van der Waals surface area contributed by atoms with Crippen LogP contribution in [0.1, 0.15) is 30.7 Å². The van der Waals surface area contributed by atoms with Gasteiger partial charge in [0.05, 0.1) is 23.8 Å². The predicted molar refractivity (Wildman–Crippen MR) is 117 cm³/mol. The second-order valence-electron chi connectivity index (χ2n) is 8.59. The van der Waals surface area contributed by atoms with Crippen LogP contribution < -0.4 is 0 Å². The molecule has 1 atom stereocenters. The number of aromatic nitrogens is 4. The third-order valence-corrected chi connectivity index (χ3v) is 5.64. The molecule has 0 aliphatic heterocycles. The number of rotatable bonds is 7.